The third kappa shape index (κ3) is 5.19. The zero-order valence-corrected chi connectivity index (χ0v) is 16.4. The molecule has 0 fully saturated rings. The highest BCUT2D eigenvalue weighted by molar-refractivity contribution is 6.05. The first kappa shape index (κ1) is 20.1. The third-order valence-electron chi connectivity index (χ3n) is 4.35. The molecule has 2 N–H and O–H groups in total. The predicted molar refractivity (Wildman–Crippen MR) is 115 cm³/mol. The van der Waals surface area contributed by atoms with Gasteiger partial charge >= 0.3 is 0 Å². The summed E-state index contributed by atoms with van der Waals surface area (Å²) >= 11 is 0. The molecule has 0 aliphatic rings. The van der Waals surface area contributed by atoms with Crippen molar-refractivity contribution >= 4 is 34.5 Å². The predicted octanol–water partition coefficient (Wildman–Crippen LogP) is 4.03. The molecule has 6 heteroatoms. The number of aryl methyl sites for hydroxylation is 1. The first-order chi connectivity index (χ1) is 14.1. The molecule has 0 atom stereocenters. The number of hydrazone groups is 1. The van der Waals surface area contributed by atoms with Crippen molar-refractivity contribution in [3.63, 3.8) is 0 Å². The third-order valence-corrected chi connectivity index (χ3v) is 4.35. The molecule has 3 aromatic rings. The van der Waals surface area contributed by atoms with Gasteiger partial charge in [0.2, 0.25) is 11.8 Å². The van der Waals surface area contributed by atoms with Gasteiger partial charge in [0.05, 0.1) is 12.8 Å². The monoisotopic (exact) mass is 389 g/mol. The topological polar surface area (TPSA) is 79.8 Å². The second-order valence-electron chi connectivity index (χ2n) is 6.46. The number of benzene rings is 3. The van der Waals surface area contributed by atoms with Gasteiger partial charge in [0.15, 0.2) is 0 Å². The Kier molecular flexibility index (Phi) is 6.58. The van der Waals surface area contributed by atoms with Gasteiger partial charge < -0.3 is 10.1 Å². The van der Waals surface area contributed by atoms with Crippen LogP contribution in [0.25, 0.3) is 10.8 Å². The van der Waals surface area contributed by atoms with Crippen molar-refractivity contribution in [2.45, 2.75) is 20.3 Å². The van der Waals surface area contributed by atoms with Gasteiger partial charge in [0.1, 0.15) is 12.2 Å². The molecule has 0 aliphatic heterocycles. The van der Waals surface area contributed by atoms with E-state index in [1.54, 1.807) is 12.3 Å². The largest absolute Gasteiger partial charge is 0.493 e. The molecule has 0 aromatic heterocycles. The number of nitrogens with zero attached hydrogens (tertiary/aromatic N) is 1. The Hall–Kier alpha value is -3.67. The van der Waals surface area contributed by atoms with Crippen LogP contribution in [0.4, 0.5) is 5.69 Å². The van der Waals surface area contributed by atoms with Gasteiger partial charge in [-0.1, -0.05) is 48.5 Å². The number of carbonyl (C=O) groups is 2. The molecule has 2 amide bonds. The molecule has 0 saturated carbocycles. The summed E-state index contributed by atoms with van der Waals surface area (Å²) < 4.78 is 5.68. The number of ether oxygens (including phenoxy) is 1. The molecule has 0 heterocycles. The Balaban J connectivity index is 1.66. The zero-order chi connectivity index (χ0) is 20.6. The first-order valence-corrected chi connectivity index (χ1v) is 9.40. The van der Waals surface area contributed by atoms with Crippen LogP contribution in [-0.4, -0.2) is 24.6 Å². The lowest BCUT2D eigenvalue weighted by Crippen LogP contribution is -2.24. The van der Waals surface area contributed by atoms with Crippen molar-refractivity contribution in [3.8, 4) is 5.75 Å². The van der Waals surface area contributed by atoms with Crippen LogP contribution in [-0.2, 0) is 9.59 Å². The van der Waals surface area contributed by atoms with Gasteiger partial charge in [-0.15, -0.1) is 0 Å². The van der Waals surface area contributed by atoms with E-state index in [0.717, 1.165) is 21.9 Å². The number of fused-ring (bicyclic) bond motifs is 1. The molecule has 148 valence electrons. The van der Waals surface area contributed by atoms with E-state index in [0.29, 0.717) is 18.0 Å². The standard InChI is InChI=1S/C23H23N3O3/c1-3-29-21-13-12-17-9-5-6-10-18(17)19(21)15-24-26-23(28)14-22(27)25-20-11-7-4-8-16(20)2/h4-13,15H,3,14H2,1-2H3,(H,25,27)(H,26,28). The minimum Gasteiger partial charge on any atom is -0.493 e. The van der Waals surface area contributed by atoms with Crippen LogP contribution in [0.15, 0.2) is 65.8 Å². The SMILES string of the molecule is CCOc1ccc2ccccc2c1C=NNC(=O)CC(=O)Nc1ccccc1C. The average Bonchev–Trinajstić information content (AvgIpc) is 2.71. The van der Waals surface area contributed by atoms with Gasteiger partial charge in [-0.25, -0.2) is 5.43 Å². The minimum absolute atomic E-state index is 0.320. The zero-order valence-electron chi connectivity index (χ0n) is 16.4. The van der Waals surface area contributed by atoms with Crippen LogP contribution in [0.5, 0.6) is 5.75 Å². The molecule has 0 spiro atoms. The fourth-order valence-corrected chi connectivity index (χ4v) is 2.95. The number of hydrogen-bond donors (Lipinski definition) is 2. The van der Waals surface area contributed by atoms with Crippen molar-refractivity contribution in [2.24, 2.45) is 5.10 Å². The lowest BCUT2D eigenvalue weighted by molar-refractivity contribution is -0.126. The number of para-hydroxylation sites is 1. The highest BCUT2D eigenvalue weighted by atomic mass is 16.5. The van der Waals surface area contributed by atoms with Crippen molar-refractivity contribution in [1.82, 2.24) is 5.43 Å². The summed E-state index contributed by atoms with van der Waals surface area (Å²) in [6.07, 6.45) is 1.23. The van der Waals surface area contributed by atoms with Crippen LogP contribution in [0.3, 0.4) is 0 Å². The lowest BCUT2D eigenvalue weighted by atomic mass is 10.0. The summed E-state index contributed by atoms with van der Waals surface area (Å²) in [5.41, 5.74) is 4.80. The van der Waals surface area contributed by atoms with Crippen LogP contribution >= 0.6 is 0 Å². The minimum atomic E-state index is -0.495. The molecule has 29 heavy (non-hydrogen) atoms. The van der Waals surface area contributed by atoms with E-state index < -0.39 is 11.8 Å². The number of amides is 2. The van der Waals surface area contributed by atoms with Crippen LogP contribution in [0, 0.1) is 6.92 Å². The summed E-state index contributed by atoms with van der Waals surface area (Å²) in [6, 6.07) is 19.1. The van der Waals surface area contributed by atoms with Crippen molar-refractivity contribution in [3.05, 3.63) is 71.8 Å². The van der Waals surface area contributed by atoms with E-state index in [2.05, 4.69) is 15.8 Å². The van der Waals surface area contributed by atoms with Gasteiger partial charge in [0.25, 0.3) is 0 Å². The Morgan fingerprint density at radius 3 is 2.55 bits per heavy atom. The molecular formula is C23H23N3O3. The number of nitrogens with one attached hydrogen (secondary N) is 2. The Morgan fingerprint density at radius 1 is 1.00 bits per heavy atom. The number of anilines is 1. The molecule has 3 rings (SSSR count). The average molecular weight is 389 g/mol. The molecular weight excluding hydrogens is 366 g/mol. The summed E-state index contributed by atoms with van der Waals surface area (Å²) in [5.74, 6) is -0.209. The van der Waals surface area contributed by atoms with Gasteiger partial charge in [-0.05, 0) is 42.3 Å². The van der Waals surface area contributed by atoms with E-state index in [4.69, 9.17) is 4.74 Å². The smallest absolute Gasteiger partial charge is 0.249 e. The number of rotatable bonds is 7. The fourth-order valence-electron chi connectivity index (χ4n) is 2.95. The maximum atomic E-state index is 12.1. The highest BCUT2D eigenvalue weighted by Crippen LogP contribution is 2.26. The molecule has 3 aromatic carbocycles. The van der Waals surface area contributed by atoms with E-state index in [9.17, 15) is 9.59 Å². The maximum absolute atomic E-state index is 12.1. The van der Waals surface area contributed by atoms with Crippen LogP contribution in [0.1, 0.15) is 24.5 Å². The normalized spacial score (nSPS) is 10.8. The first-order valence-electron chi connectivity index (χ1n) is 9.40. The second-order valence-corrected chi connectivity index (χ2v) is 6.46. The van der Waals surface area contributed by atoms with E-state index in [1.807, 2.05) is 68.4 Å². The van der Waals surface area contributed by atoms with Crippen LogP contribution in [0.2, 0.25) is 0 Å². The van der Waals surface area contributed by atoms with E-state index in [-0.39, 0.29) is 6.42 Å². The summed E-state index contributed by atoms with van der Waals surface area (Å²) in [4.78, 5) is 24.2. The van der Waals surface area contributed by atoms with E-state index in [1.165, 1.54) is 0 Å². The summed E-state index contributed by atoms with van der Waals surface area (Å²) in [6.45, 7) is 4.32. The fraction of sp³-hybridized carbons (Fsp3) is 0.174. The molecule has 6 nitrogen and oxygen atoms in total. The maximum Gasteiger partial charge on any atom is 0.249 e. The Morgan fingerprint density at radius 2 is 1.76 bits per heavy atom. The van der Waals surface area contributed by atoms with Gasteiger partial charge in [-0.2, -0.15) is 5.10 Å². The Labute approximate surface area is 169 Å². The van der Waals surface area contributed by atoms with Crippen molar-refractivity contribution < 1.29 is 14.3 Å². The molecule has 0 bridgehead atoms. The summed E-state index contributed by atoms with van der Waals surface area (Å²) in [7, 11) is 0. The lowest BCUT2D eigenvalue weighted by Gasteiger charge is -2.10. The van der Waals surface area contributed by atoms with Crippen molar-refractivity contribution in [1.29, 1.82) is 0 Å². The van der Waals surface area contributed by atoms with Gasteiger partial charge in [-0.3, -0.25) is 9.59 Å². The molecule has 0 aliphatic carbocycles. The second kappa shape index (κ2) is 9.50. The quantitative estimate of drug-likeness (QED) is 0.364. The summed E-state index contributed by atoms with van der Waals surface area (Å²) in [5, 5.41) is 8.76. The van der Waals surface area contributed by atoms with Crippen LogP contribution < -0.4 is 15.5 Å². The van der Waals surface area contributed by atoms with Gasteiger partial charge in [0, 0.05) is 11.3 Å². The molecule has 0 radical (unpaired) electrons. The number of carbonyl (C=O) groups excluding carboxylic acids is 2. The molecule has 0 saturated heterocycles. The van der Waals surface area contributed by atoms with E-state index >= 15 is 0 Å². The number of hydrogen-bond acceptors (Lipinski definition) is 4. The highest BCUT2D eigenvalue weighted by Gasteiger charge is 2.11. The Bertz CT molecular complexity index is 1060. The van der Waals surface area contributed by atoms with Crippen molar-refractivity contribution in [2.75, 3.05) is 11.9 Å². The molecule has 0 unspecified atom stereocenters.